The molecule has 0 aliphatic carbocycles. The molecule has 8 heteroatoms. The average Bonchev–Trinajstić information content (AvgIpc) is 3.14. The van der Waals surface area contributed by atoms with Gasteiger partial charge in [0.15, 0.2) is 5.03 Å². The van der Waals surface area contributed by atoms with E-state index in [9.17, 15) is 8.42 Å². The van der Waals surface area contributed by atoms with E-state index in [2.05, 4.69) is 39.0 Å². The second kappa shape index (κ2) is 6.62. The molecule has 1 aromatic heterocycles. The standard InChI is InChI=1S/C16H23N5O2S/c1-16(13-18-24(22,23)15-11-17-19-20(15)2)9-6-10-21(16)12-14-7-4-3-5-8-14/h3-5,7-8,11,18H,6,9-10,12-13H2,1-2H3. The molecule has 0 radical (unpaired) electrons. The van der Waals surface area contributed by atoms with Crippen LogP contribution in [0.15, 0.2) is 41.6 Å². The fourth-order valence-electron chi connectivity index (χ4n) is 3.20. The molecule has 2 heterocycles. The summed E-state index contributed by atoms with van der Waals surface area (Å²) in [6.45, 7) is 4.28. The van der Waals surface area contributed by atoms with Gasteiger partial charge in [0.05, 0.1) is 6.20 Å². The van der Waals surface area contributed by atoms with E-state index in [4.69, 9.17) is 0 Å². The Morgan fingerprint density at radius 3 is 2.71 bits per heavy atom. The summed E-state index contributed by atoms with van der Waals surface area (Å²) in [5, 5.41) is 7.41. The van der Waals surface area contributed by atoms with Crippen LogP contribution in [-0.2, 0) is 23.6 Å². The van der Waals surface area contributed by atoms with Crippen LogP contribution in [0.5, 0.6) is 0 Å². The molecule has 0 spiro atoms. The zero-order valence-electron chi connectivity index (χ0n) is 14.0. The van der Waals surface area contributed by atoms with Crippen molar-refractivity contribution >= 4 is 10.0 Å². The third kappa shape index (κ3) is 3.50. The molecule has 24 heavy (non-hydrogen) atoms. The summed E-state index contributed by atoms with van der Waals surface area (Å²) in [5.41, 5.74) is 1.04. The molecule has 1 aliphatic heterocycles. The number of benzene rings is 1. The maximum atomic E-state index is 12.4. The quantitative estimate of drug-likeness (QED) is 0.846. The highest BCUT2D eigenvalue weighted by Crippen LogP contribution is 2.30. The van der Waals surface area contributed by atoms with Crippen molar-refractivity contribution in [2.45, 2.75) is 36.9 Å². The molecule has 2 aromatic rings. The third-order valence-corrected chi connectivity index (χ3v) is 6.16. The van der Waals surface area contributed by atoms with Crippen molar-refractivity contribution < 1.29 is 8.42 Å². The van der Waals surface area contributed by atoms with E-state index < -0.39 is 10.0 Å². The van der Waals surface area contributed by atoms with Crippen molar-refractivity contribution in [3.8, 4) is 0 Å². The van der Waals surface area contributed by atoms with E-state index in [1.165, 1.54) is 16.4 Å². The number of hydrogen-bond acceptors (Lipinski definition) is 5. The maximum Gasteiger partial charge on any atom is 0.259 e. The first kappa shape index (κ1) is 17.1. The molecular weight excluding hydrogens is 326 g/mol. The lowest BCUT2D eigenvalue weighted by molar-refractivity contribution is 0.151. The van der Waals surface area contributed by atoms with Crippen LogP contribution in [0.3, 0.4) is 0 Å². The fraction of sp³-hybridized carbons (Fsp3) is 0.500. The second-order valence-corrected chi connectivity index (χ2v) is 8.24. The molecule has 1 N–H and O–H groups in total. The number of rotatable bonds is 6. The van der Waals surface area contributed by atoms with E-state index in [1.54, 1.807) is 7.05 Å². The minimum atomic E-state index is -3.61. The highest BCUT2D eigenvalue weighted by molar-refractivity contribution is 7.89. The normalized spacial score (nSPS) is 22.1. The zero-order chi connectivity index (χ0) is 17.2. The van der Waals surface area contributed by atoms with Gasteiger partial charge in [-0.05, 0) is 31.9 Å². The summed E-state index contributed by atoms with van der Waals surface area (Å²) in [5.74, 6) is 0. The summed E-state index contributed by atoms with van der Waals surface area (Å²) in [6.07, 6.45) is 3.30. The van der Waals surface area contributed by atoms with Crippen LogP contribution in [0.25, 0.3) is 0 Å². The van der Waals surface area contributed by atoms with Gasteiger partial charge in [-0.3, -0.25) is 4.90 Å². The summed E-state index contributed by atoms with van der Waals surface area (Å²) in [7, 11) is -2.04. The number of aryl methyl sites for hydroxylation is 1. The van der Waals surface area contributed by atoms with Gasteiger partial charge in [0.25, 0.3) is 10.0 Å². The van der Waals surface area contributed by atoms with Crippen molar-refractivity contribution in [2.75, 3.05) is 13.1 Å². The summed E-state index contributed by atoms with van der Waals surface area (Å²) < 4.78 is 28.9. The minimum Gasteiger partial charge on any atom is -0.292 e. The highest BCUT2D eigenvalue weighted by atomic mass is 32.2. The topological polar surface area (TPSA) is 80.1 Å². The van der Waals surface area contributed by atoms with Gasteiger partial charge in [-0.15, -0.1) is 5.10 Å². The van der Waals surface area contributed by atoms with Gasteiger partial charge < -0.3 is 0 Å². The minimum absolute atomic E-state index is 0.0821. The maximum absolute atomic E-state index is 12.4. The van der Waals surface area contributed by atoms with Gasteiger partial charge in [0.1, 0.15) is 0 Å². The van der Waals surface area contributed by atoms with Gasteiger partial charge >= 0.3 is 0 Å². The Labute approximate surface area is 142 Å². The Morgan fingerprint density at radius 2 is 2.04 bits per heavy atom. The van der Waals surface area contributed by atoms with Gasteiger partial charge in [-0.2, -0.15) is 0 Å². The molecule has 0 saturated carbocycles. The molecule has 3 rings (SSSR count). The number of hydrogen-bond donors (Lipinski definition) is 1. The molecular formula is C16H23N5O2S. The molecule has 1 saturated heterocycles. The molecule has 1 unspecified atom stereocenters. The fourth-order valence-corrected chi connectivity index (χ4v) is 4.42. The van der Waals surface area contributed by atoms with Crippen molar-refractivity contribution in [2.24, 2.45) is 7.05 Å². The van der Waals surface area contributed by atoms with Gasteiger partial charge in [0.2, 0.25) is 0 Å². The van der Waals surface area contributed by atoms with Crippen LogP contribution in [-0.4, -0.2) is 46.9 Å². The predicted molar refractivity (Wildman–Crippen MR) is 90.7 cm³/mol. The lowest BCUT2D eigenvalue weighted by Gasteiger charge is -2.35. The number of aromatic nitrogens is 3. The van der Waals surface area contributed by atoms with Crippen molar-refractivity contribution in [3.05, 3.63) is 42.1 Å². The summed E-state index contributed by atoms with van der Waals surface area (Å²) >= 11 is 0. The van der Waals surface area contributed by atoms with E-state index in [0.717, 1.165) is 25.9 Å². The van der Waals surface area contributed by atoms with Gasteiger partial charge in [-0.25, -0.2) is 17.8 Å². The SMILES string of the molecule is Cn1nncc1S(=O)(=O)NCC1(C)CCCN1Cc1ccccc1. The lowest BCUT2D eigenvalue weighted by atomic mass is 9.99. The van der Waals surface area contributed by atoms with Gasteiger partial charge in [0, 0.05) is 25.7 Å². The summed E-state index contributed by atoms with van der Waals surface area (Å²) in [4.78, 5) is 2.35. The van der Waals surface area contributed by atoms with Crippen molar-refractivity contribution in [1.29, 1.82) is 0 Å². The smallest absolute Gasteiger partial charge is 0.259 e. The van der Waals surface area contributed by atoms with E-state index in [-0.39, 0.29) is 10.6 Å². The van der Waals surface area contributed by atoms with Crippen LogP contribution in [0.1, 0.15) is 25.3 Å². The van der Waals surface area contributed by atoms with Crippen LogP contribution < -0.4 is 4.72 Å². The highest BCUT2D eigenvalue weighted by Gasteiger charge is 2.37. The van der Waals surface area contributed by atoms with E-state index in [1.807, 2.05) is 18.2 Å². The predicted octanol–water partition coefficient (Wildman–Crippen LogP) is 1.15. The summed E-state index contributed by atoms with van der Waals surface area (Å²) in [6, 6.07) is 10.3. The molecule has 7 nitrogen and oxygen atoms in total. The van der Waals surface area contributed by atoms with Gasteiger partial charge in [-0.1, -0.05) is 35.5 Å². The van der Waals surface area contributed by atoms with E-state index >= 15 is 0 Å². The largest absolute Gasteiger partial charge is 0.292 e. The van der Waals surface area contributed by atoms with Crippen molar-refractivity contribution in [1.82, 2.24) is 24.6 Å². The number of likely N-dealkylation sites (tertiary alicyclic amines) is 1. The monoisotopic (exact) mass is 349 g/mol. The Kier molecular flexibility index (Phi) is 4.71. The van der Waals surface area contributed by atoms with Crippen LogP contribution >= 0.6 is 0 Å². The van der Waals surface area contributed by atoms with Crippen LogP contribution in [0.4, 0.5) is 0 Å². The lowest BCUT2D eigenvalue weighted by Crippen LogP contribution is -2.49. The third-order valence-electron chi connectivity index (χ3n) is 4.71. The van der Waals surface area contributed by atoms with Crippen LogP contribution in [0.2, 0.25) is 0 Å². The zero-order valence-corrected chi connectivity index (χ0v) is 14.8. The Hall–Kier alpha value is -1.77. The second-order valence-electron chi connectivity index (χ2n) is 6.53. The first-order valence-electron chi connectivity index (χ1n) is 8.04. The molecule has 0 amide bonds. The Morgan fingerprint density at radius 1 is 1.29 bits per heavy atom. The molecule has 0 bridgehead atoms. The first-order chi connectivity index (χ1) is 11.4. The Bertz CT molecular complexity index is 790. The molecule has 1 atom stereocenters. The number of nitrogens with zero attached hydrogens (tertiary/aromatic N) is 4. The average molecular weight is 349 g/mol. The van der Waals surface area contributed by atoms with E-state index in [0.29, 0.717) is 6.54 Å². The Balaban J connectivity index is 1.70. The number of nitrogens with one attached hydrogen (secondary N) is 1. The van der Waals surface area contributed by atoms with Crippen molar-refractivity contribution in [3.63, 3.8) is 0 Å². The first-order valence-corrected chi connectivity index (χ1v) is 9.52. The number of sulfonamides is 1. The molecule has 1 aliphatic rings. The molecule has 1 fully saturated rings. The molecule has 130 valence electrons. The molecule has 1 aromatic carbocycles. The van der Waals surface area contributed by atoms with Crippen LogP contribution in [0, 0.1) is 0 Å².